The average molecular weight is 413 g/mol. The summed E-state index contributed by atoms with van der Waals surface area (Å²) in [7, 11) is 0. The Morgan fingerprint density at radius 3 is 2.30 bits per heavy atom. The third kappa shape index (κ3) is 5.31. The van der Waals surface area contributed by atoms with Crippen LogP contribution in [0.4, 0.5) is 5.69 Å². The first kappa shape index (κ1) is 20.8. The number of carbonyl (C=O) groups excluding carboxylic acids is 1. The first-order valence-corrected chi connectivity index (χ1v) is 9.09. The third-order valence-electron chi connectivity index (χ3n) is 3.91. The standard InChI is InChI=1S/C20H19N3O7/c1-3-27-16-8-10-17(11-9-16)28-12-18(24)29-13(2)19-21-22-20(30-19)14-4-6-15(7-5-14)23(25)26/h4-11,13H,3,12H2,1-2H3/t13-/m1/s1. The molecule has 0 N–H and O–H groups in total. The maximum Gasteiger partial charge on any atom is 0.344 e. The van der Waals surface area contributed by atoms with Gasteiger partial charge >= 0.3 is 5.97 Å². The van der Waals surface area contributed by atoms with Crippen molar-refractivity contribution in [2.24, 2.45) is 0 Å². The van der Waals surface area contributed by atoms with Gasteiger partial charge in [0, 0.05) is 17.7 Å². The van der Waals surface area contributed by atoms with Gasteiger partial charge in [-0.15, -0.1) is 10.2 Å². The van der Waals surface area contributed by atoms with E-state index in [2.05, 4.69) is 10.2 Å². The molecule has 0 aliphatic rings. The van der Waals surface area contributed by atoms with E-state index < -0.39 is 17.0 Å². The van der Waals surface area contributed by atoms with Crippen molar-refractivity contribution in [1.29, 1.82) is 0 Å². The summed E-state index contributed by atoms with van der Waals surface area (Å²) in [4.78, 5) is 22.2. The van der Waals surface area contributed by atoms with Crippen LogP contribution in [0, 0.1) is 10.1 Å². The number of nitrogens with zero attached hydrogens (tertiary/aromatic N) is 3. The molecular weight excluding hydrogens is 394 g/mol. The Kier molecular flexibility index (Phi) is 6.58. The van der Waals surface area contributed by atoms with E-state index in [1.54, 1.807) is 31.2 Å². The number of carbonyl (C=O) groups is 1. The maximum atomic E-state index is 12.0. The molecule has 0 saturated heterocycles. The fourth-order valence-corrected chi connectivity index (χ4v) is 2.46. The molecule has 0 spiro atoms. The van der Waals surface area contributed by atoms with Crippen molar-refractivity contribution in [2.45, 2.75) is 20.0 Å². The maximum absolute atomic E-state index is 12.0. The van der Waals surface area contributed by atoms with Crippen LogP contribution in [-0.4, -0.2) is 34.3 Å². The largest absolute Gasteiger partial charge is 0.494 e. The predicted molar refractivity (Wildman–Crippen MR) is 104 cm³/mol. The Morgan fingerprint density at radius 1 is 1.07 bits per heavy atom. The van der Waals surface area contributed by atoms with E-state index in [0.717, 1.165) is 0 Å². The van der Waals surface area contributed by atoms with Gasteiger partial charge in [0.2, 0.25) is 5.89 Å². The lowest BCUT2D eigenvalue weighted by Crippen LogP contribution is -2.17. The van der Waals surface area contributed by atoms with Gasteiger partial charge in [0.25, 0.3) is 11.6 Å². The summed E-state index contributed by atoms with van der Waals surface area (Å²) in [5.41, 5.74) is 0.463. The fraction of sp³-hybridized carbons (Fsp3) is 0.250. The van der Waals surface area contributed by atoms with E-state index in [0.29, 0.717) is 23.7 Å². The van der Waals surface area contributed by atoms with Gasteiger partial charge < -0.3 is 18.6 Å². The highest BCUT2D eigenvalue weighted by Crippen LogP contribution is 2.24. The molecule has 2 aromatic carbocycles. The van der Waals surface area contributed by atoms with Crippen molar-refractivity contribution >= 4 is 11.7 Å². The zero-order valence-corrected chi connectivity index (χ0v) is 16.3. The van der Waals surface area contributed by atoms with Crippen molar-refractivity contribution in [2.75, 3.05) is 13.2 Å². The number of nitro groups is 1. The lowest BCUT2D eigenvalue weighted by molar-refractivity contribution is -0.384. The lowest BCUT2D eigenvalue weighted by Gasteiger charge is -2.10. The molecular formula is C20H19N3O7. The van der Waals surface area contributed by atoms with Crippen LogP contribution in [0.1, 0.15) is 25.8 Å². The summed E-state index contributed by atoms with van der Waals surface area (Å²) < 4.78 is 21.5. The molecule has 1 aromatic heterocycles. The summed E-state index contributed by atoms with van der Waals surface area (Å²) in [6.07, 6.45) is -0.791. The molecule has 3 rings (SSSR count). The molecule has 0 unspecified atom stereocenters. The molecule has 1 heterocycles. The Morgan fingerprint density at radius 2 is 1.70 bits per heavy atom. The second-order valence-corrected chi connectivity index (χ2v) is 6.07. The van der Waals surface area contributed by atoms with Crippen LogP contribution >= 0.6 is 0 Å². The minimum atomic E-state index is -0.791. The Labute approximate surface area is 171 Å². The molecule has 10 heteroatoms. The number of rotatable bonds is 9. The molecule has 0 aliphatic carbocycles. The Hall–Kier alpha value is -3.95. The van der Waals surface area contributed by atoms with Crippen LogP contribution in [-0.2, 0) is 9.53 Å². The van der Waals surface area contributed by atoms with Crippen LogP contribution in [0.3, 0.4) is 0 Å². The van der Waals surface area contributed by atoms with Crippen LogP contribution in [0.15, 0.2) is 52.9 Å². The van der Waals surface area contributed by atoms with Crippen molar-refractivity contribution in [1.82, 2.24) is 10.2 Å². The summed E-state index contributed by atoms with van der Waals surface area (Å²) in [6.45, 7) is 3.75. The van der Waals surface area contributed by atoms with Gasteiger partial charge in [0.1, 0.15) is 11.5 Å². The molecule has 0 fully saturated rings. The van der Waals surface area contributed by atoms with Gasteiger partial charge in [0.05, 0.1) is 11.5 Å². The van der Waals surface area contributed by atoms with Gasteiger partial charge in [-0.25, -0.2) is 4.79 Å². The molecule has 0 bridgehead atoms. The molecule has 1 atom stereocenters. The molecule has 30 heavy (non-hydrogen) atoms. The zero-order chi connectivity index (χ0) is 21.5. The summed E-state index contributed by atoms with van der Waals surface area (Å²) in [5, 5.41) is 18.5. The van der Waals surface area contributed by atoms with Crippen molar-refractivity contribution in [3.05, 3.63) is 64.5 Å². The number of ether oxygens (including phenoxy) is 3. The van der Waals surface area contributed by atoms with E-state index in [-0.39, 0.29) is 24.1 Å². The highest BCUT2D eigenvalue weighted by atomic mass is 16.6. The molecule has 0 saturated carbocycles. The monoisotopic (exact) mass is 413 g/mol. The zero-order valence-electron chi connectivity index (χ0n) is 16.3. The Bertz CT molecular complexity index is 1000. The van der Waals surface area contributed by atoms with E-state index in [4.69, 9.17) is 18.6 Å². The lowest BCUT2D eigenvalue weighted by atomic mass is 10.2. The van der Waals surface area contributed by atoms with Gasteiger partial charge in [0.15, 0.2) is 12.7 Å². The second kappa shape index (κ2) is 9.50. The van der Waals surface area contributed by atoms with Crippen LogP contribution in [0.25, 0.3) is 11.5 Å². The number of esters is 1. The number of non-ortho nitro benzene ring substituents is 1. The second-order valence-electron chi connectivity index (χ2n) is 6.07. The Balaban J connectivity index is 1.53. The smallest absolute Gasteiger partial charge is 0.344 e. The van der Waals surface area contributed by atoms with E-state index in [1.807, 2.05) is 6.92 Å². The van der Waals surface area contributed by atoms with Gasteiger partial charge in [-0.3, -0.25) is 10.1 Å². The van der Waals surface area contributed by atoms with E-state index in [1.165, 1.54) is 24.3 Å². The SMILES string of the molecule is CCOc1ccc(OCC(=O)O[C@H](C)c2nnc(-c3ccc([N+](=O)[O-])cc3)o2)cc1. The number of nitro benzene ring substituents is 1. The predicted octanol–water partition coefficient (Wildman–Crippen LogP) is 3.73. The molecule has 0 radical (unpaired) electrons. The van der Waals surface area contributed by atoms with Crippen LogP contribution in [0.5, 0.6) is 11.5 Å². The number of aromatic nitrogens is 2. The van der Waals surface area contributed by atoms with Crippen molar-refractivity contribution in [3.8, 4) is 23.0 Å². The normalized spacial score (nSPS) is 11.5. The molecule has 156 valence electrons. The average Bonchev–Trinajstić information content (AvgIpc) is 3.24. The summed E-state index contributed by atoms with van der Waals surface area (Å²) in [6, 6.07) is 12.5. The minimum absolute atomic E-state index is 0.0479. The van der Waals surface area contributed by atoms with Gasteiger partial charge in [-0.1, -0.05) is 0 Å². The minimum Gasteiger partial charge on any atom is -0.494 e. The third-order valence-corrected chi connectivity index (χ3v) is 3.91. The van der Waals surface area contributed by atoms with E-state index in [9.17, 15) is 14.9 Å². The van der Waals surface area contributed by atoms with Crippen molar-refractivity contribution in [3.63, 3.8) is 0 Å². The summed E-state index contributed by atoms with van der Waals surface area (Å²) >= 11 is 0. The van der Waals surface area contributed by atoms with Crippen LogP contribution < -0.4 is 9.47 Å². The van der Waals surface area contributed by atoms with Gasteiger partial charge in [-0.05, 0) is 50.2 Å². The fourth-order valence-electron chi connectivity index (χ4n) is 2.46. The highest BCUT2D eigenvalue weighted by molar-refractivity contribution is 5.71. The van der Waals surface area contributed by atoms with E-state index >= 15 is 0 Å². The van der Waals surface area contributed by atoms with Crippen LogP contribution in [0.2, 0.25) is 0 Å². The molecule has 10 nitrogen and oxygen atoms in total. The number of benzene rings is 2. The topological polar surface area (TPSA) is 127 Å². The molecule has 0 amide bonds. The quantitative estimate of drug-likeness (QED) is 0.293. The first-order valence-electron chi connectivity index (χ1n) is 9.09. The number of hydrogen-bond acceptors (Lipinski definition) is 9. The number of hydrogen-bond donors (Lipinski definition) is 0. The molecule has 0 aliphatic heterocycles. The van der Waals surface area contributed by atoms with Gasteiger partial charge in [-0.2, -0.15) is 0 Å². The molecule has 3 aromatic rings. The first-order chi connectivity index (χ1) is 14.5. The highest BCUT2D eigenvalue weighted by Gasteiger charge is 2.20. The van der Waals surface area contributed by atoms with Crippen molar-refractivity contribution < 1.29 is 28.3 Å². The summed E-state index contributed by atoms with van der Waals surface area (Å²) in [5.74, 6) is 0.861.